The van der Waals surface area contributed by atoms with Gasteiger partial charge in [0.2, 0.25) is 5.88 Å². The Morgan fingerprint density at radius 2 is 2.31 bits per heavy atom. The average Bonchev–Trinajstić information content (AvgIpc) is 2.74. The first-order valence-corrected chi connectivity index (χ1v) is 7.85. The summed E-state index contributed by atoms with van der Waals surface area (Å²) in [5, 5.41) is 0.0767. The van der Waals surface area contributed by atoms with Gasteiger partial charge in [-0.2, -0.15) is 4.98 Å². The highest BCUT2D eigenvalue weighted by Crippen LogP contribution is 2.28. The summed E-state index contributed by atoms with van der Waals surface area (Å²) < 4.78 is 26.6. The number of pyridine rings is 1. The van der Waals surface area contributed by atoms with Crippen molar-refractivity contribution < 1.29 is 18.7 Å². The zero-order chi connectivity index (χ0) is 18.4. The summed E-state index contributed by atoms with van der Waals surface area (Å²) in [5.74, 6) is -1.78. The number of imidazole rings is 1. The molecule has 26 heavy (non-hydrogen) atoms. The van der Waals surface area contributed by atoms with Crippen LogP contribution >= 0.6 is 0 Å². The van der Waals surface area contributed by atoms with Crippen molar-refractivity contribution in [2.45, 2.75) is 19.4 Å². The van der Waals surface area contributed by atoms with Crippen LogP contribution in [-0.4, -0.2) is 33.0 Å². The van der Waals surface area contributed by atoms with E-state index in [-0.39, 0.29) is 33.5 Å². The normalized spacial score (nSPS) is 17.4. The Hall–Kier alpha value is -3.43. The molecule has 5 rings (SSSR count). The monoisotopic (exact) mass is 359 g/mol. The molecule has 10 heteroatoms. The molecule has 1 aliphatic rings. The molecule has 4 aromatic rings. The third kappa shape index (κ3) is 2.38. The minimum absolute atomic E-state index is 0.0767. The number of primary amides is 1. The Kier molecular flexibility index (Phi) is 3.60. The Morgan fingerprint density at radius 3 is 3.08 bits per heavy atom. The molecule has 3 N–H and O–H groups in total. The molecule has 0 radical (unpaired) electrons. The summed E-state index contributed by atoms with van der Waals surface area (Å²) in [6.07, 6.45) is 2.80. The van der Waals surface area contributed by atoms with Crippen molar-refractivity contribution in [1.29, 1.82) is 0 Å². The van der Waals surface area contributed by atoms with Crippen LogP contribution < -0.4 is 21.6 Å². The second kappa shape index (κ2) is 5.83. The highest BCUT2D eigenvalue weighted by atomic mass is 19.1. The molecule has 1 aliphatic heterocycles. The predicted molar refractivity (Wildman–Crippen MR) is 88.3 cm³/mol. The minimum atomic E-state index is -0.856. The first-order valence-electron chi connectivity index (χ1n) is 7.85. The van der Waals surface area contributed by atoms with Crippen LogP contribution in [0.5, 0.6) is 5.88 Å². The maximum absolute atomic E-state index is 14.5. The molecular weight excluding hydrogens is 345 g/mol. The molecule has 0 spiro atoms. The van der Waals surface area contributed by atoms with Crippen LogP contribution in [0.1, 0.15) is 23.7 Å². The molecule has 1 atom stereocenters. The van der Waals surface area contributed by atoms with Gasteiger partial charge < -0.3 is 15.2 Å². The maximum atomic E-state index is 14.5. The van der Waals surface area contributed by atoms with Crippen LogP contribution in [0.15, 0.2) is 28.3 Å². The summed E-state index contributed by atoms with van der Waals surface area (Å²) in [6, 6.07) is 1.10. The molecule has 0 unspecified atom stereocenters. The van der Waals surface area contributed by atoms with Crippen molar-refractivity contribution in [3.05, 3.63) is 45.9 Å². The molecule has 1 amide bonds. The van der Waals surface area contributed by atoms with Gasteiger partial charge in [-0.25, -0.2) is 18.6 Å². The fraction of sp³-hybridized carbons (Fsp3) is 0.250. The number of ether oxygens (including phenoxy) is 2. The van der Waals surface area contributed by atoms with Crippen LogP contribution in [0, 0.1) is 5.82 Å². The number of halogens is 1. The van der Waals surface area contributed by atoms with Gasteiger partial charge in [0.1, 0.15) is 23.4 Å². The van der Waals surface area contributed by atoms with E-state index in [1.165, 1.54) is 12.5 Å². The van der Waals surface area contributed by atoms with Crippen molar-refractivity contribution in [1.82, 2.24) is 14.4 Å². The Labute approximate surface area is 144 Å². The Bertz CT molecular complexity index is 1180. The van der Waals surface area contributed by atoms with E-state index in [0.717, 1.165) is 10.5 Å². The van der Waals surface area contributed by atoms with Crippen molar-refractivity contribution in [2.24, 2.45) is 10.7 Å². The van der Waals surface area contributed by atoms with E-state index >= 15 is 0 Å². The van der Waals surface area contributed by atoms with Gasteiger partial charge >= 0.3 is 5.69 Å². The van der Waals surface area contributed by atoms with Gasteiger partial charge in [-0.15, -0.1) is 0 Å². The van der Waals surface area contributed by atoms with E-state index in [0.29, 0.717) is 13.0 Å². The van der Waals surface area contributed by atoms with E-state index in [9.17, 15) is 14.0 Å². The van der Waals surface area contributed by atoms with Gasteiger partial charge in [-0.1, -0.05) is 0 Å². The number of carbonyl (C=O) groups is 1. The lowest BCUT2D eigenvalue weighted by molar-refractivity contribution is 0.0991. The molecule has 4 bridgehead atoms. The fourth-order valence-corrected chi connectivity index (χ4v) is 2.92. The van der Waals surface area contributed by atoms with Gasteiger partial charge in [-0.3, -0.25) is 9.78 Å². The number of nitrogens with two attached hydrogens (primary N) is 1. The number of aromatic amines is 1. The summed E-state index contributed by atoms with van der Waals surface area (Å²) in [4.78, 5) is 35.2. The first kappa shape index (κ1) is 16.1. The summed E-state index contributed by atoms with van der Waals surface area (Å²) >= 11 is 0. The minimum Gasteiger partial charge on any atom is -0.499 e. The topological polar surface area (TPSA) is 124 Å². The lowest BCUT2D eigenvalue weighted by atomic mass is 10.1. The van der Waals surface area contributed by atoms with Gasteiger partial charge in [0.15, 0.2) is 17.0 Å². The molecule has 0 aliphatic carbocycles. The molecular formula is C16H14FN5O4. The number of aromatic nitrogens is 3. The SMILES string of the molecule is C[C@@H]1CCOC=CN=c2[nH]c(=O)n3c4nc(c(C(N)=O)c(cc4F)c23)O1. The van der Waals surface area contributed by atoms with Gasteiger partial charge in [0, 0.05) is 11.8 Å². The third-order valence-corrected chi connectivity index (χ3v) is 4.08. The second-order valence-electron chi connectivity index (χ2n) is 5.85. The molecule has 0 saturated heterocycles. The molecule has 0 fully saturated rings. The summed E-state index contributed by atoms with van der Waals surface area (Å²) in [5.41, 5.74) is 4.76. The van der Waals surface area contributed by atoms with Crippen molar-refractivity contribution >= 4 is 22.5 Å². The number of hydrogen-bond donors (Lipinski definition) is 2. The maximum Gasteiger partial charge on any atom is 0.333 e. The lowest BCUT2D eigenvalue weighted by Crippen LogP contribution is -2.19. The lowest BCUT2D eigenvalue weighted by Gasteiger charge is -2.14. The smallest absolute Gasteiger partial charge is 0.333 e. The molecule has 4 aromatic heterocycles. The predicted octanol–water partition coefficient (Wildman–Crippen LogP) is 0.411. The van der Waals surface area contributed by atoms with E-state index in [1.54, 1.807) is 6.92 Å². The van der Waals surface area contributed by atoms with E-state index < -0.39 is 23.5 Å². The highest BCUT2D eigenvalue weighted by Gasteiger charge is 2.25. The van der Waals surface area contributed by atoms with Crippen molar-refractivity contribution in [3.8, 4) is 5.88 Å². The average molecular weight is 359 g/mol. The van der Waals surface area contributed by atoms with Crippen LogP contribution in [0.2, 0.25) is 0 Å². The number of hydrogen-bond acceptors (Lipinski definition) is 6. The number of carbonyl (C=O) groups excluding carboxylic acids is 1. The second-order valence-corrected chi connectivity index (χ2v) is 5.85. The summed E-state index contributed by atoms with van der Waals surface area (Å²) in [6.45, 7) is 2.08. The quantitative estimate of drug-likeness (QED) is 0.651. The van der Waals surface area contributed by atoms with E-state index in [2.05, 4.69) is 15.0 Å². The Morgan fingerprint density at radius 1 is 1.50 bits per heavy atom. The fourth-order valence-electron chi connectivity index (χ4n) is 2.92. The molecule has 0 aromatic carbocycles. The van der Waals surface area contributed by atoms with Crippen LogP contribution in [0.4, 0.5) is 4.39 Å². The first-order chi connectivity index (χ1) is 12.5. The van der Waals surface area contributed by atoms with E-state index in [4.69, 9.17) is 15.2 Å². The number of nitrogens with zero attached hydrogens (tertiary/aromatic N) is 3. The molecule has 5 heterocycles. The number of rotatable bonds is 1. The van der Waals surface area contributed by atoms with Crippen LogP contribution in [0.3, 0.4) is 0 Å². The largest absolute Gasteiger partial charge is 0.499 e. The van der Waals surface area contributed by atoms with Gasteiger partial charge in [0.05, 0.1) is 12.8 Å². The standard InChI is InChI=1S/C16H14FN5O4/c1-7-2-4-25-5-3-19-13-11-8-6-9(17)14(22(11)16(24)20-13)21-15(26-7)10(8)12(18)23/h3,5-7H,2,4H2,1H3,(H2,18,23)(H,19,20,24)/t7-/m1/s1. The molecule has 134 valence electrons. The number of fused-ring (bicyclic) bond motifs is 1. The number of amides is 1. The van der Waals surface area contributed by atoms with Crippen LogP contribution in [0.25, 0.3) is 16.6 Å². The van der Waals surface area contributed by atoms with Gasteiger partial charge in [-0.05, 0) is 13.0 Å². The Balaban J connectivity index is 2.27. The van der Waals surface area contributed by atoms with Crippen molar-refractivity contribution in [3.63, 3.8) is 0 Å². The number of H-pyrrole nitrogens is 1. The highest BCUT2D eigenvalue weighted by molar-refractivity contribution is 6.07. The van der Waals surface area contributed by atoms with E-state index in [1.807, 2.05) is 0 Å². The van der Waals surface area contributed by atoms with Gasteiger partial charge in [0.25, 0.3) is 5.91 Å². The van der Waals surface area contributed by atoms with Crippen LogP contribution in [-0.2, 0) is 4.74 Å². The third-order valence-electron chi connectivity index (χ3n) is 4.08. The number of nitrogens with one attached hydrogen (secondary N) is 1. The molecule has 9 nitrogen and oxygen atoms in total. The van der Waals surface area contributed by atoms with Crippen molar-refractivity contribution in [2.75, 3.05) is 6.61 Å². The summed E-state index contributed by atoms with van der Waals surface area (Å²) in [7, 11) is 0. The zero-order valence-corrected chi connectivity index (χ0v) is 13.7. The molecule has 0 saturated carbocycles. The zero-order valence-electron chi connectivity index (χ0n) is 13.7.